The molecule has 1 aliphatic rings. The molecule has 2 rings (SSSR count). The molecule has 0 spiro atoms. The molecule has 1 fully saturated rings. The second kappa shape index (κ2) is 6.06. The number of ether oxygens (including phenoxy) is 1. The average Bonchev–Trinajstić information content (AvgIpc) is 1.97. The van der Waals surface area contributed by atoms with Crippen LogP contribution in [0.3, 0.4) is 0 Å². The Kier molecular flexibility index (Phi) is 5.84. The quantitative estimate of drug-likeness (QED) is 0.848. The van der Waals surface area contributed by atoms with Gasteiger partial charge in [-0.2, -0.15) is 0 Å². The number of aromatic nitrogens is 1. The molecule has 1 aromatic heterocycles. The maximum Gasteiger partial charge on any atom is 0.213 e. The molecule has 0 atom stereocenters. The normalized spacial score (nSPS) is 14.6. The third kappa shape index (κ3) is 3.33. The van der Waals surface area contributed by atoms with Crippen molar-refractivity contribution in [3.63, 3.8) is 0 Å². The van der Waals surface area contributed by atoms with E-state index in [4.69, 9.17) is 4.74 Å². The van der Waals surface area contributed by atoms with Crippen LogP contribution in [-0.2, 0) is 0 Å². The summed E-state index contributed by atoms with van der Waals surface area (Å²) in [6.07, 6.45) is 2.09. The Balaban J connectivity index is 0.000000845. The van der Waals surface area contributed by atoms with E-state index in [9.17, 15) is 0 Å². The van der Waals surface area contributed by atoms with Crippen molar-refractivity contribution in [3.05, 3.63) is 23.9 Å². The number of rotatable bonds is 2. The van der Waals surface area contributed by atoms with Crippen molar-refractivity contribution in [2.24, 2.45) is 0 Å². The second-order valence-corrected chi connectivity index (χ2v) is 3.07. The van der Waals surface area contributed by atoms with Gasteiger partial charge in [0.1, 0.15) is 6.10 Å². The van der Waals surface area contributed by atoms with Crippen molar-refractivity contribution in [1.29, 1.82) is 0 Å². The summed E-state index contributed by atoms with van der Waals surface area (Å²) in [6, 6.07) is 3.92. The van der Waals surface area contributed by atoms with Crippen LogP contribution in [0.1, 0.15) is 5.56 Å². The number of halogens is 2. The molecule has 5 heteroatoms. The van der Waals surface area contributed by atoms with E-state index in [1.165, 1.54) is 5.56 Å². The summed E-state index contributed by atoms with van der Waals surface area (Å²) in [5.41, 5.74) is 1.19. The second-order valence-electron chi connectivity index (χ2n) is 3.07. The minimum Gasteiger partial charge on any atom is -0.472 e. The van der Waals surface area contributed by atoms with Gasteiger partial charge in [0.15, 0.2) is 0 Å². The smallest absolute Gasteiger partial charge is 0.213 e. The molecule has 0 radical (unpaired) electrons. The first-order chi connectivity index (χ1) is 5.84. The molecule has 14 heavy (non-hydrogen) atoms. The van der Waals surface area contributed by atoms with Gasteiger partial charge in [0, 0.05) is 25.4 Å². The van der Waals surface area contributed by atoms with Crippen LogP contribution >= 0.6 is 24.8 Å². The fourth-order valence-electron chi connectivity index (χ4n) is 1.09. The highest BCUT2D eigenvalue weighted by Gasteiger charge is 2.18. The Morgan fingerprint density at radius 3 is 2.64 bits per heavy atom. The lowest BCUT2D eigenvalue weighted by Crippen LogP contribution is -2.50. The molecular formula is C9H14Cl2N2O. The van der Waals surface area contributed by atoms with Gasteiger partial charge in [-0.15, -0.1) is 24.8 Å². The van der Waals surface area contributed by atoms with E-state index in [1.807, 2.05) is 19.1 Å². The fourth-order valence-corrected chi connectivity index (χ4v) is 1.09. The third-order valence-corrected chi connectivity index (χ3v) is 1.92. The lowest BCUT2D eigenvalue weighted by molar-refractivity contribution is 0.136. The number of hydrogen-bond donors (Lipinski definition) is 1. The lowest BCUT2D eigenvalue weighted by atomic mass is 10.2. The van der Waals surface area contributed by atoms with Crippen LogP contribution in [0.15, 0.2) is 18.3 Å². The topological polar surface area (TPSA) is 34.1 Å². The first kappa shape index (κ1) is 13.5. The number of nitrogens with one attached hydrogen (secondary N) is 1. The summed E-state index contributed by atoms with van der Waals surface area (Å²) in [6.45, 7) is 3.92. The van der Waals surface area contributed by atoms with Gasteiger partial charge in [-0.1, -0.05) is 0 Å². The molecule has 1 N–H and O–H groups in total. The van der Waals surface area contributed by atoms with Crippen molar-refractivity contribution < 1.29 is 4.74 Å². The first-order valence-corrected chi connectivity index (χ1v) is 4.14. The van der Waals surface area contributed by atoms with Gasteiger partial charge >= 0.3 is 0 Å². The standard InChI is InChI=1S/C9H12N2O.2ClH/c1-7-2-3-11-9(4-7)12-8-5-10-6-8;;/h2-4,8,10H,5-6H2,1H3;2*1H. The molecule has 80 valence electrons. The summed E-state index contributed by atoms with van der Waals surface area (Å²) < 4.78 is 5.56. The number of pyridine rings is 1. The summed E-state index contributed by atoms with van der Waals surface area (Å²) in [5, 5.41) is 3.14. The highest BCUT2D eigenvalue weighted by atomic mass is 35.5. The van der Waals surface area contributed by atoms with Crippen LogP contribution in [0.5, 0.6) is 5.88 Å². The van der Waals surface area contributed by atoms with Gasteiger partial charge in [0.2, 0.25) is 5.88 Å². The van der Waals surface area contributed by atoms with Crippen LogP contribution in [-0.4, -0.2) is 24.2 Å². The molecule has 0 saturated carbocycles. The predicted molar refractivity (Wildman–Crippen MR) is 60.8 cm³/mol. The minimum atomic E-state index is 0. The molecular weight excluding hydrogens is 223 g/mol. The highest BCUT2D eigenvalue weighted by Crippen LogP contribution is 2.11. The number of nitrogens with zero attached hydrogens (tertiary/aromatic N) is 1. The van der Waals surface area contributed by atoms with Crippen LogP contribution in [0.25, 0.3) is 0 Å². The average molecular weight is 237 g/mol. The van der Waals surface area contributed by atoms with Crippen molar-refractivity contribution in [1.82, 2.24) is 10.3 Å². The maximum absolute atomic E-state index is 5.56. The zero-order valence-electron chi connectivity index (χ0n) is 7.90. The lowest BCUT2D eigenvalue weighted by Gasteiger charge is -2.27. The summed E-state index contributed by atoms with van der Waals surface area (Å²) in [7, 11) is 0. The Hall–Kier alpha value is -0.510. The van der Waals surface area contributed by atoms with E-state index in [2.05, 4.69) is 10.3 Å². The molecule has 0 bridgehead atoms. The van der Waals surface area contributed by atoms with Gasteiger partial charge in [-0.25, -0.2) is 4.98 Å². The van der Waals surface area contributed by atoms with Crippen LogP contribution in [0, 0.1) is 6.92 Å². The Labute approximate surface area is 96.1 Å². The SMILES string of the molecule is Cc1ccnc(OC2CNC2)c1.Cl.Cl. The predicted octanol–water partition coefficient (Wildman–Crippen LogP) is 1.58. The third-order valence-electron chi connectivity index (χ3n) is 1.92. The molecule has 0 aliphatic carbocycles. The largest absolute Gasteiger partial charge is 0.472 e. The number of aryl methyl sites for hydroxylation is 1. The van der Waals surface area contributed by atoms with Gasteiger partial charge in [-0.3, -0.25) is 0 Å². The Morgan fingerprint density at radius 2 is 2.14 bits per heavy atom. The Morgan fingerprint density at radius 1 is 1.43 bits per heavy atom. The summed E-state index contributed by atoms with van der Waals surface area (Å²) in [5.74, 6) is 0.738. The van der Waals surface area contributed by atoms with Crippen LogP contribution < -0.4 is 10.1 Å². The molecule has 0 unspecified atom stereocenters. The van der Waals surface area contributed by atoms with E-state index in [0.29, 0.717) is 6.10 Å². The van der Waals surface area contributed by atoms with E-state index in [1.54, 1.807) is 6.20 Å². The van der Waals surface area contributed by atoms with E-state index in [-0.39, 0.29) is 24.8 Å². The van der Waals surface area contributed by atoms with Crippen LogP contribution in [0.4, 0.5) is 0 Å². The summed E-state index contributed by atoms with van der Waals surface area (Å²) >= 11 is 0. The van der Waals surface area contributed by atoms with Gasteiger partial charge < -0.3 is 10.1 Å². The van der Waals surface area contributed by atoms with E-state index in [0.717, 1.165) is 19.0 Å². The van der Waals surface area contributed by atoms with Crippen molar-refractivity contribution in [3.8, 4) is 5.88 Å². The van der Waals surface area contributed by atoms with Gasteiger partial charge in [0.05, 0.1) is 0 Å². The molecule has 0 amide bonds. The van der Waals surface area contributed by atoms with Crippen molar-refractivity contribution in [2.45, 2.75) is 13.0 Å². The van der Waals surface area contributed by atoms with Crippen LogP contribution in [0.2, 0.25) is 0 Å². The van der Waals surface area contributed by atoms with E-state index >= 15 is 0 Å². The zero-order valence-corrected chi connectivity index (χ0v) is 9.53. The monoisotopic (exact) mass is 236 g/mol. The van der Waals surface area contributed by atoms with E-state index < -0.39 is 0 Å². The van der Waals surface area contributed by atoms with Crippen molar-refractivity contribution >= 4 is 24.8 Å². The maximum atomic E-state index is 5.56. The first-order valence-electron chi connectivity index (χ1n) is 4.14. The minimum absolute atomic E-state index is 0. The molecule has 0 aromatic carbocycles. The van der Waals surface area contributed by atoms with Crippen molar-refractivity contribution in [2.75, 3.05) is 13.1 Å². The molecule has 1 aromatic rings. The van der Waals surface area contributed by atoms with Gasteiger partial charge in [-0.05, 0) is 18.6 Å². The number of hydrogen-bond acceptors (Lipinski definition) is 3. The fraction of sp³-hybridized carbons (Fsp3) is 0.444. The molecule has 3 nitrogen and oxygen atoms in total. The molecule has 1 saturated heterocycles. The van der Waals surface area contributed by atoms with Gasteiger partial charge in [0.25, 0.3) is 0 Å². The Bertz CT molecular complexity index is 279. The molecule has 1 aliphatic heterocycles. The summed E-state index contributed by atoms with van der Waals surface area (Å²) in [4.78, 5) is 4.11. The zero-order chi connectivity index (χ0) is 8.39. The molecule has 2 heterocycles. The highest BCUT2D eigenvalue weighted by molar-refractivity contribution is 5.85.